The minimum Gasteiger partial charge on any atom is -0.379 e. The van der Waals surface area contributed by atoms with E-state index in [2.05, 4.69) is 14.8 Å². The number of benzene rings is 1. The SMILES string of the molecule is C[C@@]1(C(=O)NC2CCCCCC2)Cn2c(cc3ccccc32)C(=O)N1CCCN1CCOCC1. The van der Waals surface area contributed by atoms with Gasteiger partial charge in [0.1, 0.15) is 11.2 Å². The standard InChI is InChI=1S/C27H38N4O3/c1-27(26(33)28-22-10-4-2-3-5-11-22)20-30-23-12-7-6-9-21(23)19-24(30)25(32)31(27)14-8-13-29-15-17-34-18-16-29/h6-7,9,12,19,22H,2-5,8,10-11,13-18,20H2,1H3,(H,28,33)/t27-/m0/s1. The highest BCUT2D eigenvalue weighted by Gasteiger charge is 2.47. The minimum atomic E-state index is -0.914. The summed E-state index contributed by atoms with van der Waals surface area (Å²) >= 11 is 0. The highest BCUT2D eigenvalue weighted by Crippen LogP contribution is 2.33. The van der Waals surface area contributed by atoms with Gasteiger partial charge < -0.3 is 19.5 Å². The first-order valence-corrected chi connectivity index (χ1v) is 13.1. The van der Waals surface area contributed by atoms with Crippen molar-refractivity contribution in [1.29, 1.82) is 0 Å². The Bertz CT molecular complexity index is 1020. The molecule has 1 aromatic carbocycles. The van der Waals surface area contributed by atoms with E-state index in [0.717, 1.165) is 75.9 Å². The van der Waals surface area contributed by atoms with Crippen LogP contribution in [-0.2, 0) is 16.1 Å². The molecule has 5 rings (SSSR count). The van der Waals surface area contributed by atoms with E-state index in [4.69, 9.17) is 4.74 Å². The van der Waals surface area contributed by atoms with Gasteiger partial charge in [-0.2, -0.15) is 0 Å². The topological polar surface area (TPSA) is 66.8 Å². The summed E-state index contributed by atoms with van der Waals surface area (Å²) in [6.07, 6.45) is 7.72. The molecular weight excluding hydrogens is 428 g/mol. The zero-order valence-corrected chi connectivity index (χ0v) is 20.4. The van der Waals surface area contributed by atoms with Crippen molar-refractivity contribution < 1.29 is 14.3 Å². The maximum atomic E-state index is 13.8. The van der Waals surface area contributed by atoms with Crippen LogP contribution in [0.5, 0.6) is 0 Å². The molecule has 2 aliphatic heterocycles. The van der Waals surface area contributed by atoms with Gasteiger partial charge in [-0.1, -0.05) is 43.9 Å². The number of fused-ring (bicyclic) bond motifs is 3. The van der Waals surface area contributed by atoms with Crippen molar-refractivity contribution >= 4 is 22.7 Å². The van der Waals surface area contributed by atoms with Crippen LogP contribution in [0.1, 0.15) is 62.4 Å². The van der Waals surface area contributed by atoms with Crippen molar-refractivity contribution in [2.24, 2.45) is 0 Å². The van der Waals surface area contributed by atoms with Crippen LogP contribution < -0.4 is 5.32 Å². The zero-order valence-electron chi connectivity index (χ0n) is 20.4. The third kappa shape index (κ3) is 4.60. The Hall–Kier alpha value is -2.38. The van der Waals surface area contributed by atoms with Gasteiger partial charge in [0.2, 0.25) is 5.91 Å². The van der Waals surface area contributed by atoms with Crippen LogP contribution in [0.4, 0.5) is 0 Å². The molecule has 1 saturated heterocycles. The van der Waals surface area contributed by atoms with E-state index >= 15 is 0 Å². The van der Waals surface area contributed by atoms with Crippen LogP contribution in [-0.4, -0.2) is 77.2 Å². The third-order valence-electron chi connectivity index (χ3n) is 7.98. The first-order chi connectivity index (χ1) is 16.6. The van der Waals surface area contributed by atoms with Crippen molar-refractivity contribution in [3.8, 4) is 0 Å². The number of carbonyl (C=O) groups excluding carboxylic acids is 2. The van der Waals surface area contributed by atoms with Gasteiger partial charge in [-0.05, 0) is 38.3 Å². The number of ether oxygens (including phenoxy) is 1. The van der Waals surface area contributed by atoms with Crippen LogP contribution in [0, 0.1) is 0 Å². The number of hydrogen-bond acceptors (Lipinski definition) is 4. The molecular formula is C27H38N4O3. The van der Waals surface area contributed by atoms with Gasteiger partial charge >= 0.3 is 0 Å². The average Bonchev–Trinajstić information content (AvgIpc) is 3.02. The predicted octanol–water partition coefficient (Wildman–Crippen LogP) is 3.42. The summed E-state index contributed by atoms with van der Waals surface area (Å²) in [6, 6.07) is 10.3. The molecule has 1 aromatic heterocycles. The van der Waals surface area contributed by atoms with E-state index in [1.54, 1.807) is 0 Å². The molecule has 1 atom stereocenters. The molecule has 2 aromatic rings. The number of nitrogens with zero attached hydrogens (tertiary/aromatic N) is 3. The van der Waals surface area contributed by atoms with Gasteiger partial charge in [0, 0.05) is 43.1 Å². The number of amides is 2. The van der Waals surface area contributed by atoms with Gasteiger partial charge in [0.15, 0.2) is 0 Å². The highest BCUT2D eigenvalue weighted by atomic mass is 16.5. The smallest absolute Gasteiger partial charge is 0.271 e. The zero-order chi connectivity index (χ0) is 23.5. The summed E-state index contributed by atoms with van der Waals surface area (Å²) in [5.41, 5.74) is 0.794. The Morgan fingerprint density at radius 1 is 1.09 bits per heavy atom. The van der Waals surface area contributed by atoms with E-state index in [0.29, 0.717) is 18.8 Å². The van der Waals surface area contributed by atoms with E-state index in [9.17, 15) is 9.59 Å². The molecule has 2 amide bonds. The van der Waals surface area contributed by atoms with Crippen LogP contribution in [0.3, 0.4) is 0 Å². The lowest BCUT2D eigenvalue weighted by molar-refractivity contribution is -0.133. The average molecular weight is 467 g/mol. The van der Waals surface area contributed by atoms with Gasteiger partial charge in [-0.15, -0.1) is 0 Å². The van der Waals surface area contributed by atoms with E-state index in [1.165, 1.54) is 12.8 Å². The molecule has 2 fully saturated rings. The first kappa shape index (κ1) is 23.4. The molecule has 0 unspecified atom stereocenters. The Balaban J connectivity index is 1.40. The number of nitrogens with one attached hydrogen (secondary N) is 1. The maximum Gasteiger partial charge on any atom is 0.271 e. The summed E-state index contributed by atoms with van der Waals surface area (Å²) in [5.74, 6) is -0.0505. The van der Waals surface area contributed by atoms with Gasteiger partial charge in [0.05, 0.1) is 19.8 Å². The van der Waals surface area contributed by atoms with Crippen molar-refractivity contribution in [1.82, 2.24) is 19.7 Å². The van der Waals surface area contributed by atoms with Crippen molar-refractivity contribution in [3.05, 3.63) is 36.0 Å². The second kappa shape index (κ2) is 10.1. The largest absolute Gasteiger partial charge is 0.379 e. The number of aromatic nitrogens is 1. The molecule has 7 heteroatoms. The van der Waals surface area contributed by atoms with Crippen molar-refractivity contribution in [2.45, 2.75) is 70.0 Å². The third-order valence-corrected chi connectivity index (χ3v) is 7.98. The molecule has 3 aliphatic rings. The lowest BCUT2D eigenvalue weighted by Gasteiger charge is -2.45. The predicted molar refractivity (Wildman–Crippen MR) is 133 cm³/mol. The fourth-order valence-electron chi connectivity index (χ4n) is 5.90. The number of morpholine rings is 1. The van der Waals surface area contributed by atoms with E-state index in [-0.39, 0.29) is 17.9 Å². The molecule has 7 nitrogen and oxygen atoms in total. The number of rotatable bonds is 6. The summed E-state index contributed by atoms with van der Waals surface area (Å²) < 4.78 is 7.52. The molecule has 1 N–H and O–H groups in total. The van der Waals surface area contributed by atoms with Crippen LogP contribution in [0.25, 0.3) is 10.9 Å². The fraction of sp³-hybridized carbons (Fsp3) is 0.630. The van der Waals surface area contributed by atoms with E-state index < -0.39 is 5.54 Å². The lowest BCUT2D eigenvalue weighted by Crippen LogP contribution is -2.65. The number of hydrogen-bond donors (Lipinski definition) is 1. The summed E-state index contributed by atoms with van der Waals surface area (Å²) in [4.78, 5) is 31.9. The Morgan fingerprint density at radius 3 is 2.59 bits per heavy atom. The Labute approximate surface area is 202 Å². The fourth-order valence-corrected chi connectivity index (χ4v) is 5.90. The lowest BCUT2D eigenvalue weighted by atomic mass is 9.93. The van der Waals surface area contributed by atoms with E-state index in [1.807, 2.05) is 42.2 Å². The Morgan fingerprint density at radius 2 is 1.82 bits per heavy atom. The molecule has 1 aliphatic carbocycles. The molecule has 1 saturated carbocycles. The van der Waals surface area contributed by atoms with Crippen LogP contribution in [0.2, 0.25) is 0 Å². The monoisotopic (exact) mass is 466 g/mol. The Kier molecular flexibility index (Phi) is 6.93. The second-order valence-corrected chi connectivity index (χ2v) is 10.4. The summed E-state index contributed by atoms with van der Waals surface area (Å²) in [5, 5.41) is 4.41. The molecule has 184 valence electrons. The molecule has 0 spiro atoms. The molecule has 0 bridgehead atoms. The normalized spacial score (nSPS) is 24.7. The van der Waals surface area contributed by atoms with Crippen LogP contribution >= 0.6 is 0 Å². The summed E-state index contributed by atoms with van der Waals surface area (Å²) in [7, 11) is 0. The highest BCUT2D eigenvalue weighted by molar-refractivity contribution is 6.03. The van der Waals surface area contributed by atoms with Crippen LogP contribution in [0.15, 0.2) is 30.3 Å². The molecule has 34 heavy (non-hydrogen) atoms. The summed E-state index contributed by atoms with van der Waals surface area (Å²) in [6.45, 7) is 7.33. The molecule has 0 radical (unpaired) electrons. The van der Waals surface area contributed by atoms with Gasteiger partial charge in [0.25, 0.3) is 5.91 Å². The van der Waals surface area contributed by atoms with Crippen molar-refractivity contribution in [3.63, 3.8) is 0 Å². The van der Waals surface area contributed by atoms with Gasteiger partial charge in [-0.3, -0.25) is 14.5 Å². The quantitative estimate of drug-likeness (QED) is 0.663. The number of para-hydroxylation sites is 1. The minimum absolute atomic E-state index is 0.0115. The maximum absolute atomic E-state index is 13.8. The number of carbonyl (C=O) groups is 2. The van der Waals surface area contributed by atoms with Gasteiger partial charge in [-0.25, -0.2) is 0 Å². The first-order valence-electron chi connectivity index (χ1n) is 13.1. The molecule has 3 heterocycles. The van der Waals surface area contributed by atoms with Crippen molar-refractivity contribution in [2.75, 3.05) is 39.4 Å². The second-order valence-electron chi connectivity index (χ2n) is 10.4.